The summed E-state index contributed by atoms with van der Waals surface area (Å²) in [5.74, 6) is -0.392. The Labute approximate surface area is 117 Å². The molecule has 20 heavy (non-hydrogen) atoms. The van der Waals surface area contributed by atoms with Crippen molar-refractivity contribution in [1.82, 2.24) is 10.6 Å². The number of carbonyl (C=O) groups is 2. The number of carbonyl (C=O) groups excluding carboxylic acids is 2. The van der Waals surface area contributed by atoms with Gasteiger partial charge in [0.25, 0.3) is 5.91 Å². The summed E-state index contributed by atoms with van der Waals surface area (Å²) in [6, 6.07) is 3.17. The summed E-state index contributed by atoms with van der Waals surface area (Å²) < 4.78 is 4.92. The molecule has 1 heterocycles. The van der Waals surface area contributed by atoms with Gasteiger partial charge in [-0.1, -0.05) is 0 Å². The summed E-state index contributed by atoms with van der Waals surface area (Å²) in [4.78, 5) is 23.1. The molecule has 1 aromatic heterocycles. The summed E-state index contributed by atoms with van der Waals surface area (Å²) in [5.41, 5.74) is -1.02. The average molecular weight is 284 g/mol. The fraction of sp³-hybridized carbons (Fsp3) is 0.538. The maximum absolute atomic E-state index is 11.6. The summed E-state index contributed by atoms with van der Waals surface area (Å²) in [5, 5.41) is 23.2. The van der Waals surface area contributed by atoms with Gasteiger partial charge in [-0.15, -0.1) is 0 Å². The molecule has 0 aliphatic rings. The first-order chi connectivity index (χ1) is 9.50. The number of furan rings is 1. The molecule has 0 spiro atoms. The van der Waals surface area contributed by atoms with Crippen molar-refractivity contribution >= 4 is 11.8 Å². The highest BCUT2D eigenvalue weighted by Gasteiger charge is 2.24. The van der Waals surface area contributed by atoms with Crippen LogP contribution in [0.5, 0.6) is 0 Å². The lowest BCUT2D eigenvalue weighted by molar-refractivity contribution is -0.124. The van der Waals surface area contributed by atoms with Gasteiger partial charge in [0, 0.05) is 13.0 Å². The van der Waals surface area contributed by atoms with Crippen molar-refractivity contribution in [2.24, 2.45) is 0 Å². The molecule has 112 valence electrons. The van der Waals surface area contributed by atoms with Crippen LogP contribution in [0.25, 0.3) is 0 Å². The standard InChI is InChI=1S/C13H20N2O5/c1-13(8-16,9-17)15-11(18)5-2-6-14-12(19)10-4-3-7-20-10/h3-4,7,16-17H,2,5-6,8-9H2,1H3,(H,14,19)(H,15,18). The van der Waals surface area contributed by atoms with Crippen LogP contribution >= 0.6 is 0 Å². The Kier molecular flexibility index (Phi) is 6.20. The largest absolute Gasteiger partial charge is 0.459 e. The Bertz CT molecular complexity index is 426. The number of hydrogen-bond acceptors (Lipinski definition) is 5. The summed E-state index contributed by atoms with van der Waals surface area (Å²) in [6.45, 7) is 1.19. The molecule has 0 aliphatic heterocycles. The SMILES string of the molecule is CC(CO)(CO)NC(=O)CCCNC(=O)c1ccco1. The first kappa shape index (κ1) is 16.2. The van der Waals surface area contributed by atoms with Gasteiger partial charge in [-0.3, -0.25) is 9.59 Å². The Morgan fingerprint density at radius 1 is 1.35 bits per heavy atom. The van der Waals surface area contributed by atoms with Gasteiger partial charge in [-0.2, -0.15) is 0 Å². The van der Waals surface area contributed by atoms with Crippen LogP contribution in [0, 0.1) is 0 Å². The van der Waals surface area contributed by atoms with Crippen molar-refractivity contribution in [2.75, 3.05) is 19.8 Å². The molecule has 1 rings (SSSR count). The van der Waals surface area contributed by atoms with Crippen LogP contribution in [-0.4, -0.2) is 47.3 Å². The van der Waals surface area contributed by atoms with E-state index in [0.717, 1.165) is 0 Å². The van der Waals surface area contributed by atoms with Crippen molar-refractivity contribution < 1.29 is 24.2 Å². The molecular formula is C13H20N2O5. The first-order valence-corrected chi connectivity index (χ1v) is 6.35. The summed E-state index contributed by atoms with van der Waals surface area (Å²) in [6.07, 6.45) is 2.05. The average Bonchev–Trinajstić information content (AvgIpc) is 2.97. The molecule has 0 atom stereocenters. The van der Waals surface area contributed by atoms with Crippen LogP contribution in [0.2, 0.25) is 0 Å². The molecule has 0 aliphatic carbocycles. The zero-order chi connectivity index (χ0) is 15.0. The van der Waals surface area contributed by atoms with Gasteiger partial charge in [0.15, 0.2) is 5.76 Å². The number of hydrogen-bond donors (Lipinski definition) is 4. The van der Waals surface area contributed by atoms with Gasteiger partial charge in [0.1, 0.15) is 0 Å². The minimum atomic E-state index is -1.02. The van der Waals surface area contributed by atoms with E-state index in [2.05, 4.69) is 10.6 Å². The van der Waals surface area contributed by atoms with E-state index in [4.69, 9.17) is 14.6 Å². The van der Waals surface area contributed by atoms with E-state index in [9.17, 15) is 9.59 Å². The topological polar surface area (TPSA) is 112 Å². The Morgan fingerprint density at radius 3 is 2.60 bits per heavy atom. The second-order valence-corrected chi connectivity index (χ2v) is 4.76. The molecule has 1 aromatic rings. The van der Waals surface area contributed by atoms with Crippen molar-refractivity contribution in [1.29, 1.82) is 0 Å². The summed E-state index contributed by atoms with van der Waals surface area (Å²) in [7, 11) is 0. The highest BCUT2D eigenvalue weighted by molar-refractivity contribution is 5.91. The van der Waals surface area contributed by atoms with E-state index >= 15 is 0 Å². The van der Waals surface area contributed by atoms with E-state index in [1.165, 1.54) is 6.26 Å². The van der Waals surface area contributed by atoms with E-state index < -0.39 is 5.54 Å². The predicted molar refractivity (Wildman–Crippen MR) is 71.0 cm³/mol. The molecule has 7 heteroatoms. The molecule has 0 saturated carbocycles. The van der Waals surface area contributed by atoms with Gasteiger partial charge in [0.2, 0.25) is 5.91 Å². The highest BCUT2D eigenvalue weighted by Crippen LogP contribution is 2.02. The lowest BCUT2D eigenvalue weighted by Crippen LogP contribution is -2.51. The van der Waals surface area contributed by atoms with Crippen LogP contribution in [0.3, 0.4) is 0 Å². The van der Waals surface area contributed by atoms with E-state index in [-0.39, 0.29) is 37.2 Å². The van der Waals surface area contributed by atoms with Gasteiger partial charge < -0.3 is 25.3 Å². The van der Waals surface area contributed by atoms with Crippen LogP contribution in [0.15, 0.2) is 22.8 Å². The Morgan fingerprint density at radius 2 is 2.05 bits per heavy atom. The third kappa shape index (κ3) is 5.02. The summed E-state index contributed by atoms with van der Waals surface area (Å²) >= 11 is 0. The molecule has 0 radical (unpaired) electrons. The Balaban J connectivity index is 2.21. The lowest BCUT2D eigenvalue weighted by Gasteiger charge is -2.26. The molecule has 0 bridgehead atoms. The third-order valence-corrected chi connectivity index (χ3v) is 2.75. The van der Waals surface area contributed by atoms with Crippen LogP contribution < -0.4 is 10.6 Å². The number of amides is 2. The molecule has 0 saturated heterocycles. The molecule has 0 unspecified atom stereocenters. The second-order valence-electron chi connectivity index (χ2n) is 4.76. The fourth-order valence-corrected chi connectivity index (χ4v) is 1.47. The maximum Gasteiger partial charge on any atom is 0.286 e. The molecule has 0 fully saturated rings. The highest BCUT2D eigenvalue weighted by atomic mass is 16.3. The van der Waals surface area contributed by atoms with Crippen molar-refractivity contribution in [3.05, 3.63) is 24.2 Å². The second kappa shape index (κ2) is 7.66. The third-order valence-electron chi connectivity index (χ3n) is 2.75. The molecule has 4 N–H and O–H groups in total. The molecule has 2 amide bonds. The number of aliphatic hydroxyl groups is 2. The maximum atomic E-state index is 11.6. The zero-order valence-corrected chi connectivity index (χ0v) is 11.4. The number of rotatable bonds is 8. The smallest absolute Gasteiger partial charge is 0.286 e. The van der Waals surface area contributed by atoms with Crippen LogP contribution in [0.4, 0.5) is 0 Å². The first-order valence-electron chi connectivity index (χ1n) is 6.35. The fourth-order valence-electron chi connectivity index (χ4n) is 1.47. The van der Waals surface area contributed by atoms with Gasteiger partial charge in [-0.25, -0.2) is 0 Å². The van der Waals surface area contributed by atoms with Gasteiger partial charge in [-0.05, 0) is 25.5 Å². The monoisotopic (exact) mass is 284 g/mol. The minimum Gasteiger partial charge on any atom is -0.459 e. The molecular weight excluding hydrogens is 264 g/mol. The van der Waals surface area contributed by atoms with Crippen molar-refractivity contribution in [3.63, 3.8) is 0 Å². The minimum absolute atomic E-state index is 0.189. The zero-order valence-electron chi connectivity index (χ0n) is 11.4. The molecule has 7 nitrogen and oxygen atoms in total. The van der Waals surface area contributed by atoms with E-state index in [1.54, 1.807) is 19.1 Å². The predicted octanol–water partition coefficient (Wildman–Crippen LogP) is -0.351. The van der Waals surface area contributed by atoms with E-state index in [0.29, 0.717) is 13.0 Å². The number of aliphatic hydroxyl groups excluding tert-OH is 2. The normalized spacial score (nSPS) is 11.2. The quantitative estimate of drug-likeness (QED) is 0.487. The Hall–Kier alpha value is -1.86. The van der Waals surface area contributed by atoms with E-state index in [1.807, 2.05) is 0 Å². The van der Waals surface area contributed by atoms with Gasteiger partial charge >= 0.3 is 0 Å². The molecule has 0 aromatic carbocycles. The van der Waals surface area contributed by atoms with Crippen molar-refractivity contribution in [3.8, 4) is 0 Å². The van der Waals surface area contributed by atoms with Gasteiger partial charge in [0.05, 0.1) is 25.0 Å². The van der Waals surface area contributed by atoms with Crippen LogP contribution in [-0.2, 0) is 4.79 Å². The van der Waals surface area contributed by atoms with Crippen molar-refractivity contribution in [2.45, 2.75) is 25.3 Å². The lowest BCUT2D eigenvalue weighted by atomic mass is 10.1. The van der Waals surface area contributed by atoms with Crippen LogP contribution in [0.1, 0.15) is 30.3 Å². The number of nitrogens with one attached hydrogen (secondary N) is 2.